The summed E-state index contributed by atoms with van der Waals surface area (Å²) in [5, 5.41) is 20.6. The number of carboxylic acids is 1. The van der Waals surface area contributed by atoms with Gasteiger partial charge in [-0.25, -0.2) is 18.7 Å². The molecule has 1 aliphatic rings. The maximum absolute atomic E-state index is 16.0. The molecule has 3 aromatic heterocycles. The summed E-state index contributed by atoms with van der Waals surface area (Å²) < 4.78 is 32.3. The second kappa shape index (κ2) is 11.0. The van der Waals surface area contributed by atoms with Gasteiger partial charge in [-0.05, 0) is 45.4 Å². The summed E-state index contributed by atoms with van der Waals surface area (Å²) in [6.07, 6.45) is 3.63. The van der Waals surface area contributed by atoms with Gasteiger partial charge in [0.1, 0.15) is 17.5 Å². The van der Waals surface area contributed by atoms with Crippen LogP contribution in [0.15, 0.2) is 42.7 Å². The third-order valence-corrected chi connectivity index (χ3v) is 7.89. The van der Waals surface area contributed by atoms with Gasteiger partial charge in [-0.15, -0.1) is 0 Å². The van der Waals surface area contributed by atoms with Crippen molar-refractivity contribution in [1.82, 2.24) is 29.6 Å². The van der Waals surface area contributed by atoms with E-state index in [9.17, 15) is 14.3 Å². The minimum absolute atomic E-state index is 0.0270. The number of aromatic nitrogens is 5. The summed E-state index contributed by atoms with van der Waals surface area (Å²) >= 11 is 5.95. The van der Waals surface area contributed by atoms with Crippen LogP contribution in [-0.4, -0.2) is 53.3 Å². The second-order valence-electron chi connectivity index (χ2n) is 10.5. The monoisotopic (exact) mass is 569 g/mol. The van der Waals surface area contributed by atoms with Crippen LogP contribution in [0.25, 0.3) is 11.4 Å². The van der Waals surface area contributed by atoms with Crippen LogP contribution in [-0.2, 0) is 24.8 Å². The first-order valence-electron chi connectivity index (χ1n) is 12.9. The van der Waals surface area contributed by atoms with Gasteiger partial charge in [-0.1, -0.05) is 23.7 Å². The van der Waals surface area contributed by atoms with Crippen molar-refractivity contribution >= 4 is 29.2 Å². The topological polar surface area (TPSA) is 112 Å². The Morgan fingerprint density at radius 1 is 1.27 bits per heavy atom. The Hall–Kier alpha value is -3.83. The highest BCUT2D eigenvalue weighted by atomic mass is 35.5. The summed E-state index contributed by atoms with van der Waals surface area (Å²) in [5.41, 5.74) is 0.241. The molecule has 2 atom stereocenters. The third-order valence-electron chi connectivity index (χ3n) is 7.60. The van der Waals surface area contributed by atoms with Gasteiger partial charge in [0.05, 0.1) is 21.7 Å². The predicted molar refractivity (Wildman–Crippen MR) is 147 cm³/mol. The maximum Gasteiger partial charge on any atom is 0.310 e. The molecule has 1 fully saturated rings. The summed E-state index contributed by atoms with van der Waals surface area (Å²) in [7, 11) is 1.75. The van der Waals surface area contributed by atoms with Crippen molar-refractivity contribution < 1.29 is 18.7 Å². The number of anilines is 2. The average molecular weight is 570 g/mol. The molecule has 4 heterocycles. The number of likely N-dealkylation sites (tertiary alicyclic amines) is 1. The Morgan fingerprint density at radius 3 is 2.73 bits per heavy atom. The fourth-order valence-electron chi connectivity index (χ4n) is 5.41. The molecule has 9 nitrogen and oxygen atoms in total. The average Bonchev–Trinajstić information content (AvgIpc) is 3.52. The number of nitrogens with zero attached hydrogens (tertiary/aromatic N) is 5. The van der Waals surface area contributed by atoms with Crippen LogP contribution >= 0.6 is 11.6 Å². The molecule has 5 rings (SSSR count). The summed E-state index contributed by atoms with van der Waals surface area (Å²) in [5.74, 6) is -0.905. The Morgan fingerprint density at radius 2 is 2.08 bits per heavy atom. The number of benzene rings is 1. The quantitative estimate of drug-likeness (QED) is 0.257. The molecule has 0 spiro atoms. The van der Waals surface area contributed by atoms with Crippen molar-refractivity contribution in [3.63, 3.8) is 0 Å². The summed E-state index contributed by atoms with van der Waals surface area (Å²) in [4.78, 5) is 23.6. The van der Waals surface area contributed by atoms with Crippen LogP contribution in [0.1, 0.15) is 36.7 Å². The van der Waals surface area contributed by atoms with Gasteiger partial charge < -0.3 is 15.0 Å². The van der Waals surface area contributed by atoms with Gasteiger partial charge in [-0.2, -0.15) is 5.10 Å². The molecule has 4 aromatic rings. The normalized spacial score (nSPS) is 19.6. The van der Waals surface area contributed by atoms with Gasteiger partial charge in [0.15, 0.2) is 11.6 Å². The zero-order chi connectivity index (χ0) is 28.6. The number of imidazole rings is 1. The molecule has 3 N–H and O–H groups in total. The number of hydrogen-bond donors (Lipinski definition) is 3. The second-order valence-corrected chi connectivity index (χ2v) is 10.9. The van der Waals surface area contributed by atoms with Crippen LogP contribution in [0.5, 0.6) is 0 Å². The first-order valence-corrected chi connectivity index (χ1v) is 13.3. The molecule has 0 aliphatic carbocycles. The zero-order valence-corrected chi connectivity index (χ0v) is 23.1. The van der Waals surface area contributed by atoms with Crippen molar-refractivity contribution in [2.75, 3.05) is 11.9 Å². The largest absolute Gasteiger partial charge is 0.481 e. The standard InChI is InChI=1S/C28H30ClF2N7O2/c1-16-11-23(36-35-16)34-22-12-19(26-32-8-10-37(26)3)25(31)21(33-22)14-28(27(39)40)7-9-38(17(2)13-28)15-18-5-4-6-20(29)24(18)30/h4-6,8,10-12,17H,7,9,13-15H2,1-3H3,(H,39,40)(H2,33,34,35,36)/t17-,28-/m1/s1. The van der Waals surface area contributed by atoms with Crippen LogP contribution in [0.3, 0.4) is 0 Å². The number of aliphatic carboxylic acids is 1. The van der Waals surface area contributed by atoms with Gasteiger partial charge >= 0.3 is 5.97 Å². The fourth-order valence-corrected chi connectivity index (χ4v) is 5.61. The van der Waals surface area contributed by atoms with Gasteiger partial charge in [0, 0.05) is 55.8 Å². The number of aromatic amines is 1. The molecule has 12 heteroatoms. The zero-order valence-electron chi connectivity index (χ0n) is 22.4. The number of hydrogen-bond acceptors (Lipinski definition) is 6. The van der Waals surface area contributed by atoms with Crippen LogP contribution in [0.4, 0.5) is 20.4 Å². The Kier molecular flexibility index (Phi) is 7.61. The SMILES string of the molecule is Cc1cc(Nc2cc(-c3nccn3C)c(F)c(C[C@@]3(C(=O)O)CCN(Cc4cccc(Cl)c4F)[C@H](C)C3)n2)n[nH]1. The highest BCUT2D eigenvalue weighted by Gasteiger charge is 2.45. The number of aryl methyl sites for hydroxylation is 2. The van der Waals surface area contributed by atoms with E-state index in [2.05, 4.69) is 25.5 Å². The molecule has 1 saturated heterocycles. The van der Waals surface area contributed by atoms with E-state index in [1.165, 1.54) is 6.07 Å². The molecule has 0 bridgehead atoms. The number of H-pyrrole nitrogens is 1. The van der Waals surface area contributed by atoms with Crippen LogP contribution < -0.4 is 5.32 Å². The lowest BCUT2D eigenvalue weighted by molar-refractivity contribution is -0.153. The molecule has 210 valence electrons. The number of rotatable bonds is 8. The van der Waals surface area contributed by atoms with Crippen molar-refractivity contribution in [3.05, 3.63) is 76.3 Å². The molecule has 0 unspecified atom stereocenters. The number of carboxylic acid groups (broad SMARTS) is 1. The van der Waals surface area contributed by atoms with Crippen molar-refractivity contribution in [2.24, 2.45) is 12.5 Å². The number of pyridine rings is 1. The lowest BCUT2D eigenvalue weighted by atomic mass is 9.72. The number of nitrogens with one attached hydrogen (secondary N) is 2. The highest BCUT2D eigenvalue weighted by Crippen LogP contribution is 2.40. The molecule has 1 aromatic carbocycles. The van der Waals surface area contributed by atoms with Gasteiger partial charge in [0.25, 0.3) is 0 Å². The van der Waals surface area contributed by atoms with E-state index in [0.29, 0.717) is 36.1 Å². The molecule has 0 radical (unpaired) electrons. The van der Waals surface area contributed by atoms with E-state index in [0.717, 1.165) is 5.69 Å². The van der Waals surface area contributed by atoms with E-state index in [1.54, 1.807) is 48.3 Å². The smallest absolute Gasteiger partial charge is 0.310 e. The summed E-state index contributed by atoms with van der Waals surface area (Å²) in [6.45, 7) is 4.44. The fraction of sp³-hybridized carbons (Fsp3) is 0.357. The third kappa shape index (κ3) is 5.44. The Balaban J connectivity index is 1.46. The van der Waals surface area contributed by atoms with Crippen LogP contribution in [0.2, 0.25) is 5.02 Å². The first-order chi connectivity index (χ1) is 19.1. The highest BCUT2D eigenvalue weighted by molar-refractivity contribution is 6.30. The molecular weight excluding hydrogens is 540 g/mol. The van der Waals surface area contributed by atoms with Crippen molar-refractivity contribution in [3.8, 4) is 11.4 Å². The maximum atomic E-state index is 16.0. The van der Waals surface area contributed by atoms with E-state index in [-0.39, 0.29) is 41.6 Å². The first kappa shape index (κ1) is 27.7. The molecule has 0 amide bonds. The van der Waals surface area contributed by atoms with Gasteiger partial charge in [0.2, 0.25) is 0 Å². The van der Waals surface area contributed by atoms with E-state index in [1.807, 2.05) is 18.7 Å². The number of halogens is 3. The van der Waals surface area contributed by atoms with E-state index >= 15 is 4.39 Å². The van der Waals surface area contributed by atoms with Gasteiger partial charge in [-0.3, -0.25) is 14.8 Å². The van der Waals surface area contributed by atoms with E-state index in [4.69, 9.17) is 11.6 Å². The van der Waals surface area contributed by atoms with E-state index < -0.39 is 23.0 Å². The van der Waals surface area contributed by atoms with Crippen molar-refractivity contribution in [1.29, 1.82) is 0 Å². The number of carbonyl (C=O) groups is 1. The lowest BCUT2D eigenvalue weighted by Gasteiger charge is -2.43. The lowest BCUT2D eigenvalue weighted by Crippen LogP contribution is -2.50. The van der Waals surface area contributed by atoms with Crippen LogP contribution in [0, 0.1) is 24.0 Å². The molecule has 0 saturated carbocycles. The Bertz CT molecular complexity index is 1560. The Labute approximate surface area is 235 Å². The predicted octanol–water partition coefficient (Wildman–Crippen LogP) is 5.49. The molecule has 1 aliphatic heterocycles. The molecule has 40 heavy (non-hydrogen) atoms. The van der Waals surface area contributed by atoms with Crippen molar-refractivity contribution in [2.45, 2.75) is 45.7 Å². The summed E-state index contributed by atoms with van der Waals surface area (Å²) in [6, 6.07) is 7.97. The minimum atomic E-state index is -1.27. The molecular formula is C28H30ClF2N7O2. The number of piperidine rings is 1. The minimum Gasteiger partial charge on any atom is -0.481 e.